The van der Waals surface area contributed by atoms with Crippen molar-refractivity contribution in [2.45, 2.75) is 32.2 Å². The van der Waals surface area contributed by atoms with Crippen LogP contribution in [0, 0.1) is 17.0 Å². The first kappa shape index (κ1) is 18.3. The number of halogens is 1. The number of hydrogen-bond acceptors (Lipinski definition) is 6. The number of fused-ring (bicyclic) bond motifs is 1. The van der Waals surface area contributed by atoms with Gasteiger partial charge in [0, 0.05) is 28.1 Å². The number of anilines is 1. The highest BCUT2D eigenvalue weighted by molar-refractivity contribution is 7.15. The van der Waals surface area contributed by atoms with Crippen LogP contribution in [-0.4, -0.2) is 21.9 Å². The molecule has 2 aromatic rings. The minimum absolute atomic E-state index is 0. The fourth-order valence-electron chi connectivity index (χ4n) is 2.69. The molecule has 0 radical (unpaired) electrons. The van der Waals surface area contributed by atoms with Gasteiger partial charge in [0.25, 0.3) is 11.6 Å². The molecule has 0 unspecified atom stereocenters. The molecule has 3 rings (SSSR count). The van der Waals surface area contributed by atoms with Crippen molar-refractivity contribution in [3.8, 4) is 0 Å². The average molecular weight is 369 g/mol. The van der Waals surface area contributed by atoms with Crippen LogP contribution in [-0.2, 0) is 12.8 Å². The van der Waals surface area contributed by atoms with Gasteiger partial charge in [-0.25, -0.2) is 4.98 Å². The molecule has 7 nitrogen and oxygen atoms in total. The summed E-state index contributed by atoms with van der Waals surface area (Å²) in [6.07, 6.45) is 2.49. The SMILES string of the molecule is Cc1c(C(=O)Nc2nc3c(s2)C[C@@H](N)CC3)cccc1[N+](=O)[O-].Cl. The van der Waals surface area contributed by atoms with Crippen LogP contribution in [0.4, 0.5) is 10.8 Å². The maximum Gasteiger partial charge on any atom is 0.273 e. The number of benzene rings is 1. The van der Waals surface area contributed by atoms with Crippen LogP contribution in [0.3, 0.4) is 0 Å². The van der Waals surface area contributed by atoms with Gasteiger partial charge >= 0.3 is 0 Å². The van der Waals surface area contributed by atoms with Gasteiger partial charge in [0.2, 0.25) is 0 Å². The van der Waals surface area contributed by atoms with Crippen molar-refractivity contribution in [3.63, 3.8) is 0 Å². The lowest BCUT2D eigenvalue weighted by Crippen LogP contribution is -2.27. The molecule has 1 aliphatic rings. The third-order valence-corrected chi connectivity index (χ3v) is 4.98. The zero-order chi connectivity index (χ0) is 16.6. The van der Waals surface area contributed by atoms with Crippen LogP contribution in [0.25, 0.3) is 0 Å². The van der Waals surface area contributed by atoms with E-state index >= 15 is 0 Å². The number of rotatable bonds is 3. The number of nitro benzene ring substituents is 1. The largest absolute Gasteiger partial charge is 0.327 e. The van der Waals surface area contributed by atoms with Crippen molar-refractivity contribution >= 4 is 40.5 Å². The van der Waals surface area contributed by atoms with Gasteiger partial charge in [-0.1, -0.05) is 6.07 Å². The lowest BCUT2D eigenvalue weighted by Gasteiger charge is -2.15. The summed E-state index contributed by atoms with van der Waals surface area (Å²) in [6.45, 7) is 1.57. The highest BCUT2D eigenvalue weighted by Gasteiger charge is 2.22. The molecule has 0 aliphatic heterocycles. The summed E-state index contributed by atoms with van der Waals surface area (Å²) >= 11 is 1.42. The smallest absolute Gasteiger partial charge is 0.273 e. The van der Waals surface area contributed by atoms with Crippen LogP contribution in [0.5, 0.6) is 0 Å². The fraction of sp³-hybridized carbons (Fsp3) is 0.333. The summed E-state index contributed by atoms with van der Waals surface area (Å²) in [5.74, 6) is -0.387. The summed E-state index contributed by atoms with van der Waals surface area (Å²) in [5, 5.41) is 14.2. The molecule has 9 heteroatoms. The predicted molar refractivity (Wildman–Crippen MR) is 95.1 cm³/mol. The van der Waals surface area contributed by atoms with Gasteiger partial charge < -0.3 is 5.73 Å². The van der Waals surface area contributed by atoms with Gasteiger partial charge in [-0.15, -0.1) is 23.7 Å². The number of nitrogens with two attached hydrogens (primary N) is 1. The Morgan fingerprint density at radius 2 is 2.25 bits per heavy atom. The Labute approximate surface area is 148 Å². The van der Waals surface area contributed by atoms with E-state index < -0.39 is 4.92 Å². The summed E-state index contributed by atoms with van der Waals surface area (Å²) < 4.78 is 0. The Kier molecular flexibility index (Phi) is 5.53. The van der Waals surface area contributed by atoms with Crippen molar-refractivity contribution in [2.75, 3.05) is 5.32 Å². The third-order valence-electron chi connectivity index (χ3n) is 3.94. The van der Waals surface area contributed by atoms with E-state index in [1.54, 1.807) is 13.0 Å². The Morgan fingerprint density at radius 3 is 2.96 bits per heavy atom. The van der Waals surface area contributed by atoms with E-state index in [1.165, 1.54) is 23.5 Å². The highest BCUT2D eigenvalue weighted by atomic mass is 35.5. The number of carbonyl (C=O) groups is 1. The van der Waals surface area contributed by atoms with Gasteiger partial charge in [-0.3, -0.25) is 20.2 Å². The minimum atomic E-state index is -0.490. The zero-order valence-electron chi connectivity index (χ0n) is 12.9. The average Bonchev–Trinajstić information content (AvgIpc) is 2.88. The molecule has 128 valence electrons. The van der Waals surface area contributed by atoms with Gasteiger partial charge in [0.1, 0.15) is 0 Å². The molecule has 0 saturated carbocycles. The Bertz CT molecular complexity index is 793. The molecule has 0 saturated heterocycles. The van der Waals surface area contributed by atoms with Crippen LogP contribution in [0.1, 0.15) is 32.9 Å². The van der Waals surface area contributed by atoms with Crippen molar-refractivity contribution in [2.24, 2.45) is 5.73 Å². The molecule has 1 aliphatic carbocycles. The summed E-state index contributed by atoms with van der Waals surface area (Å²) in [6, 6.07) is 4.60. The molecule has 3 N–H and O–H groups in total. The number of thiazole rings is 1. The number of aromatic nitrogens is 1. The van der Waals surface area contributed by atoms with Crippen molar-refractivity contribution in [1.82, 2.24) is 4.98 Å². The quantitative estimate of drug-likeness (QED) is 0.639. The van der Waals surface area contributed by atoms with E-state index in [-0.39, 0.29) is 35.6 Å². The standard InChI is InChI=1S/C15H16N4O3S.ClH/c1-8-10(3-2-4-12(8)19(21)22)14(20)18-15-17-11-6-5-9(16)7-13(11)23-15;/h2-4,9H,5-7,16H2,1H3,(H,17,18,20);1H/t9-;/m0./s1. The monoisotopic (exact) mass is 368 g/mol. The normalized spacial score (nSPS) is 16.0. The molecule has 24 heavy (non-hydrogen) atoms. The van der Waals surface area contributed by atoms with Gasteiger partial charge in [-0.2, -0.15) is 0 Å². The Morgan fingerprint density at radius 1 is 1.50 bits per heavy atom. The molecule has 0 bridgehead atoms. The second-order valence-electron chi connectivity index (χ2n) is 5.55. The predicted octanol–water partition coefficient (Wildman–Crippen LogP) is 2.85. The second kappa shape index (κ2) is 7.25. The number of amides is 1. The topological polar surface area (TPSA) is 111 Å². The number of nitro groups is 1. The summed E-state index contributed by atoms with van der Waals surface area (Å²) in [7, 11) is 0. The van der Waals surface area contributed by atoms with Crippen molar-refractivity contribution in [1.29, 1.82) is 0 Å². The highest BCUT2D eigenvalue weighted by Crippen LogP contribution is 2.30. The van der Waals surface area contributed by atoms with E-state index in [0.29, 0.717) is 10.7 Å². The number of carbonyl (C=O) groups excluding carboxylic acids is 1. The maximum absolute atomic E-state index is 12.4. The number of aryl methyl sites for hydroxylation is 1. The molecule has 0 fully saturated rings. The first-order chi connectivity index (χ1) is 11.0. The lowest BCUT2D eigenvalue weighted by molar-refractivity contribution is -0.385. The summed E-state index contributed by atoms with van der Waals surface area (Å²) in [4.78, 5) is 28.4. The van der Waals surface area contributed by atoms with E-state index in [1.807, 2.05) is 0 Å². The summed E-state index contributed by atoms with van der Waals surface area (Å²) in [5.41, 5.74) is 7.49. The van der Waals surface area contributed by atoms with Gasteiger partial charge in [-0.05, 0) is 32.3 Å². The molecule has 1 aromatic carbocycles. The van der Waals surface area contributed by atoms with Crippen LogP contribution in [0.2, 0.25) is 0 Å². The van der Waals surface area contributed by atoms with Crippen molar-refractivity contribution in [3.05, 3.63) is 50.0 Å². The van der Waals surface area contributed by atoms with Gasteiger partial charge in [0.15, 0.2) is 5.13 Å². The van der Waals surface area contributed by atoms with E-state index in [2.05, 4.69) is 10.3 Å². The maximum atomic E-state index is 12.4. The molecular weight excluding hydrogens is 352 g/mol. The van der Waals surface area contributed by atoms with E-state index in [9.17, 15) is 14.9 Å². The lowest BCUT2D eigenvalue weighted by atomic mass is 9.99. The van der Waals surface area contributed by atoms with Crippen molar-refractivity contribution < 1.29 is 9.72 Å². The molecule has 1 heterocycles. The van der Waals surface area contributed by atoms with Crippen LogP contribution in [0.15, 0.2) is 18.2 Å². The molecule has 0 spiro atoms. The van der Waals surface area contributed by atoms with E-state index in [0.717, 1.165) is 29.8 Å². The van der Waals surface area contributed by atoms with E-state index in [4.69, 9.17) is 5.73 Å². The molecular formula is C15H17ClN4O3S. The first-order valence-corrected chi connectivity index (χ1v) is 8.07. The van der Waals surface area contributed by atoms with Crippen LogP contribution >= 0.6 is 23.7 Å². The molecule has 1 amide bonds. The number of hydrogen-bond donors (Lipinski definition) is 2. The first-order valence-electron chi connectivity index (χ1n) is 7.25. The molecule has 1 atom stereocenters. The minimum Gasteiger partial charge on any atom is -0.327 e. The van der Waals surface area contributed by atoms with Crippen LogP contribution < -0.4 is 11.1 Å². The van der Waals surface area contributed by atoms with Gasteiger partial charge in [0.05, 0.1) is 10.6 Å². The number of nitrogens with one attached hydrogen (secondary N) is 1. The fourth-order valence-corrected chi connectivity index (χ4v) is 3.78. The molecule has 1 aromatic heterocycles. The number of nitrogens with zero attached hydrogens (tertiary/aromatic N) is 2. The second-order valence-corrected chi connectivity index (χ2v) is 6.64. The Hall–Kier alpha value is -2.03. The Balaban J connectivity index is 0.00000208. The zero-order valence-corrected chi connectivity index (χ0v) is 14.6. The third kappa shape index (κ3) is 3.55.